The summed E-state index contributed by atoms with van der Waals surface area (Å²) in [5, 5.41) is 36.6. The fraction of sp³-hybridized carbons (Fsp3) is 0.882. The lowest BCUT2D eigenvalue weighted by Gasteiger charge is -2.21. The van der Waals surface area contributed by atoms with E-state index >= 15 is 0 Å². The smallest absolute Gasteiger partial charge is 0.309 e. The van der Waals surface area contributed by atoms with Crippen LogP contribution in [0, 0.1) is 5.92 Å². The molecule has 0 aromatic heterocycles. The van der Waals surface area contributed by atoms with E-state index in [1.165, 1.54) is 77.0 Å². The number of unbranched alkanes of at least 4 members (excludes halogenated alkanes) is 13. The number of allylic oxidation sites excluding steroid dienone is 2. The van der Waals surface area contributed by atoms with Crippen LogP contribution in [0.25, 0.3) is 0 Å². The maximum absolute atomic E-state index is 12.9. The third kappa shape index (κ3) is 26.8. The molecule has 4 N–H and O–H groups in total. The zero-order valence-corrected chi connectivity index (χ0v) is 27.8. The first kappa shape index (κ1) is 42.4. The van der Waals surface area contributed by atoms with Crippen molar-refractivity contribution < 1.29 is 39.5 Å². The summed E-state index contributed by atoms with van der Waals surface area (Å²) in [4.78, 5) is 29.0. The number of hydrogen-bond donors (Lipinski definition) is 4. The van der Waals surface area contributed by atoms with E-state index in [9.17, 15) is 19.8 Å². The molecule has 0 amide bonds. The molecule has 44 heavy (non-hydrogen) atoms. The van der Waals surface area contributed by atoms with Gasteiger partial charge in [0.1, 0.15) is 13.2 Å². The third-order valence-corrected chi connectivity index (χ3v) is 7.80. The average molecular weight is 631 g/mol. The molecule has 260 valence electrons. The minimum Gasteiger partial charge on any atom is -0.464 e. The first-order valence-corrected chi connectivity index (χ1v) is 17.4. The van der Waals surface area contributed by atoms with Crippen molar-refractivity contribution in [2.45, 2.75) is 110 Å². The highest BCUT2D eigenvalue weighted by molar-refractivity contribution is 5.80. The molecule has 0 radical (unpaired) electrons. The van der Waals surface area contributed by atoms with E-state index in [0.29, 0.717) is 45.7 Å². The lowest BCUT2D eigenvalue weighted by molar-refractivity contribution is -0.155. The topological polar surface area (TPSA) is 140 Å². The number of aliphatic hydroxyl groups excluding tert-OH is 4. The van der Waals surface area contributed by atoms with Crippen LogP contribution in [-0.4, -0.2) is 121 Å². The van der Waals surface area contributed by atoms with Gasteiger partial charge < -0.3 is 29.9 Å². The summed E-state index contributed by atoms with van der Waals surface area (Å²) in [7, 11) is 0. The van der Waals surface area contributed by atoms with Crippen LogP contribution in [-0.2, 0) is 19.1 Å². The van der Waals surface area contributed by atoms with Gasteiger partial charge in [0, 0.05) is 39.3 Å². The summed E-state index contributed by atoms with van der Waals surface area (Å²) in [5.41, 5.74) is 0. The SMILES string of the molecule is CCCCCCCCCCCCCCCC=CCC(CC(=O)OCCN(CCO)CCO)C(=O)OCCN(CCO)CCO. The Morgan fingerprint density at radius 3 is 1.48 bits per heavy atom. The van der Waals surface area contributed by atoms with Crippen molar-refractivity contribution in [3.8, 4) is 0 Å². The Hall–Kier alpha value is -1.56. The van der Waals surface area contributed by atoms with Crippen LogP contribution < -0.4 is 0 Å². The van der Waals surface area contributed by atoms with Crippen molar-refractivity contribution in [3.63, 3.8) is 0 Å². The van der Waals surface area contributed by atoms with Gasteiger partial charge in [-0.05, 0) is 19.3 Å². The summed E-state index contributed by atoms with van der Waals surface area (Å²) in [5.74, 6) is -1.63. The molecular formula is C34H66N2O8. The Kier molecular flexibility index (Phi) is 31.7. The molecule has 0 aliphatic heterocycles. The Morgan fingerprint density at radius 1 is 0.591 bits per heavy atom. The van der Waals surface area contributed by atoms with Crippen molar-refractivity contribution in [2.24, 2.45) is 5.92 Å². The summed E-state index contributed by atoms with van der Waals surface area (Å²) >= 11 is 0. The second kappa shape index (κ2) is 32.8. The zero-order chi connectivity index (χ0) is 32.5. The van der Waals surface area contributed by atoms with Crippen molar-refractivity contribution in [1.29, 1.82) is 0 Å². The molecule has 0 rings (SSSR count). The number of esters is 2. The van der Waals surface area contributed by atoms with E-state index in [1.807, 2.05) is 6.08 Å². The number of carbonyl (C=O) groups is 2. The number of aliphatic hydroxyl groups is 4. The molecule has 0 aliphatic rings. The predicted octanol–water partition coefficient (Wildman–Crippen LogP) is 4.08. The number of nitrogens with zero attached hydrogens (tertiary/aromatic N) is 2. The van der Waals surface area contributed by atoms with Gasteiger partial charge in [-0.1, -0.05) is 96.1 Å². The molecule has 0 spiro atoms. The van der Waals surface area contributed by atoms with Gasteiger partial charge in [-0.25, -0.2) is 0 Å². The maximum Gasteiger partial charge on any atom is 0.309 e. The standard InChI is InChI=1S/C34H66N2O8/c1-2-3-4-5-6-7-8-9-10-11-12-13-14-15-16-17-18-32(34(42)44-30-24-36(21-27-39)22-28-40)31-33(41)43-29-23-35(19-25-37)20-26-38/h16-17,32,37-40H,2-15,18-31H2,1H3. The predicted molar refractivity (Wildman–Crippen MR) is 175 cm³/mol. The highest BCUT2D eigenvalue weighted by Crippen LogP contribution is 2.16. The molecule has 0 saturated heterocycles. The van der Waals surface area contributed by atoms with Crippen molar-refractivity contribution in [3.05, 3.63) is 12.2 Å². The number of rotatable bonds is 33. The lowest BCUT2D eigenvalue weighted by Crippen LogP contribution is -2.34. The van der Waals surface area contributed by atoms with Crippen molar-refractivity contribution >= 4 is 11.9 Å². The van der Waals surface area contributed by atoms with Crippen LogP contribution in [0.4, 0.5) is 0 Å². The van der Waals surface area contributed by atoms with E-state index in [2.05, 4.69) is 13.0 Å². The zero-order valence-electron chi connectivity index (χ0n) is 27.8. The Bertz CT molecular complexity index is 668. The van der Waals surface area contributed by atoms with Gasteiger partial charge in [-0.2, -0.15) is 0 Å². The van der Waals surface area contributed by atoms with Crippen LogP contribution >= 0.6 is 0 Å². The van der Waals surface area contributed by atoms with Gasteiger partial charge in [-0.3, -0.25) is 19.4 Å². The molecule has 1 atom stereocenters. The molecule has 0 aromatic rings. The van der Waals surface area contributed by atoms with Gasteiger partial charge in [0.2, 0.25) is 0 Å². The molecule has 1 unspecified atom stereocenters. The Balaban J connectivity index is 4.49. The second-order valence-corrected chi connectivity index (χ2v) is 11.6. The van der Waals surface area contributed by atoms with E-state index in [1.54, 1.807) is 9.80 Å². The van der Waals surface area contributed by atoms with Gasteiger partial charge in [-0.15, -0.1) is 0 Å². The van der Waals surface area contributed by atoms with Gasteiger partial charge in [0.25, 0.3) is 0 Å². The minimum atomic E-state index is -0.666. The summed E-state index contributed by atoms with van der Waals surface area (Å²) in [6.07, 6.45) is 22.3. The van der Waals surface area contributed by atoms with E-state index in [-0.39, 0.29) is 46.1 Å². The molecule has 0 bridgehead atoms. The number of ether oxygens (including phenoxy) is 2. The normalized spacial score (nSPS) is 12.4. The van der Waals surface area contributed by atoms with E-state index in [0.717, 1.165) is 12.8 Å². The highest BCUT2D eigenvalue weighted by Gasteiger charge is 2.23. The van der Waals surface area contributed by atoms with Crippen LogP contribution in [0.3, 0.4) is 0 Å². The lowest BCUT2D eigenvalue weighted by atomic mass is 10.0. The van der Waals surface area contributed by atoms with Gasteiger partial charge in [0.05, 0.1) is 38.8 Å². The van der Waals surface area contributed by atoms with Crippen molar-refractivity contribution in [1.82, 2.24) is 9.80 Å². The minimum absolute atomic E-state index is 0.0540. The molecule has 10 nitrogen and oxygen atoms in total. The molecule has 0 heterocycles. The van der Waals surface area contributed by atoms with Crippen LogP contribution in [0.5, 0.6) is 0 Å². The quantitative estimate of drug-likeness (QED) is 0.0476. The molecule has 0 saturated carbocycles. The fourth-order valence-corrected chi connectivity index (χ4v) is 5.10. The first-order chi connectivity index (χ1) is 21.5. The molecule has 0 aliphatic carbocycles. The summed E-state index contributed by atoms with van der Waals surface area (Å²) in [6, 6.07) is 0. The van der Waals surface area contributed by atoms with Crippen LogP contribution in [0.2, 0.25) is 0 Å². The van der Waals surface area contributed by atoms with Gasteiger partial charge >= 0.3 is 11.9 Å². The number of carbonyl (C=O) groups excluding carboxylic acids is 2. The maximum atomic E-state index is 12.9. The largest absolute Gasteiger partial charge is 0.464 e. The number of hydrogen-bond acceptors (Lipinski definition) is 10. The van der Waals surface area contributed by atoms with Gasteiger partial charge in [0.15, 0.2) is 0 Å². The average Bonchev–Trinajstić information content (AvgIpc) is 3.00. The van der Waals surface area contributed by atoms with E-state index in [4.69, 9.17) is 19.7 Å². The first-order valence-electron chi connectivity index (χ1n) is 17.4. The van der Waals surface area contributed by atoms with E-state index < -0.39 is 17.9 Å². The molecular weight excluding hydrogens is 564 g/mol. The summed E-state index contributed by atoms with van der Waals surface area (Å²) < 4.78 is 10.8. The Morgan fingerprint density at radius 2 is 1.02 bits per heavy atom. The molecule has 10 heteroatoms. The molecule has 0 aromatic carbocycles. The monoisotopic (exact) mass is 630 g/mol. The highest BCUT2D eigenvalue weighted by atomic mass is 16.5. The Labute approximate surface area is 267 Å². The van der Waals surface area contributed by atoms with Crippen LogP contribution in [0.15, 0.2) is 12.2 Å². The van der Waals surface area contributed by atoms with Crippen molar-refractivity contribution in [2.75, 3.05) is 78.9 Å². The second-order valence-electron chi connectivity index (χ2n) is 11.6. The fourth-order valence-electron chi connectivity index (χ4n) is 5.10. The van der Waals surface area contributed by atoms with Crippen LogP contribution in [0.1, 0.15) is 110 Å². The molecule has 0 fully saturated rings. The summed E-state index contributed by atoms with van der Waals surface area (Å²) in [6.45, 7) is 4.51. The third-order valence-electron chi connectivity index (χ3n) is 7.80.